The van der Waals surface area contributed by atoms with Crippen molar-refractivity contribution in [1.82, 2.24) is 10.6 Å². The molecule has 0 spiro atoms. The number of nitrogens with one attached hydrogen (secondary N) is 2. The molecule has 5 heteroatoms. The maximum atomic E-state index is 5.56. The molecule has 0 aliphatic carbocycles. The molecule has 5 nitrogen and oxygen atoms in total. The van der Waals surface area contributed by atoms with Crippen LogP contribution in [0, 0.1) is 12.3 Å². The summed E-state index contributed by atoms with van der Waals surface area (Å²) in [5.74, 6) is 1.64. The summed E-state index contributed by atoms with van der Waals surface area (Å²) in [7, 11) is 5.20. The highest BCUT2D eigenvalue weighted by atomic mass is 16.5. The van der Waals surface area contributed by atoms with Crippen LogP contribution in [-0.4, -0.2) is 39.9 Å². The van der Waals surface area contributed by atoms with E-state index in [9.17, 15) is 0 Å². The molecule has 0 saturated carbocycles. The second-order valence-corrected chi connectivity index (χ2v) is 6.71. The fourth-order valence-corrected chi connectivity index (χ4v) is 2.33. The first-order valence-corrected chi connectivity index (χ1v) is 7.92. The van der Waals surface area contributed by atoms with E-state index in [4.69, 9.17) is 9.47 Å². The minimum Gasteiger partial charge on any atom is -0.496 e. The van der Waals surface area contributed by atoms with Crippen molar-refractivity contribution in [1.29, 1.82) is 0 Å². The molecule has 0 amide bonds. The van der Waals surface area contributed by atoms with Gasteiger partial charge in [-0.2, -0.15) is 0 Å². The van der Waals surface area contributed by atoms with Gasteiger partial charge >= 0.3 is 0 Å². The molecule has 0 heterocycles. The number of hydrogen-bond donors (Lipinski definition) is 2. The lowest BCUT2D eigenvalue weighted by Gasteiger charge is -2.30. The molecule has 23 heavy (non-hydrogen) atoms. The van der Waals surface area contributed by atoms with Crippen molar-refractivity contribution in [2.45, 2.75) is 40.3 Å². The number of methoxy groups -OCH3 is 2. The second-order valence-electron chi connectivity index (χ2n) is 6.71. The highest BCUT2D eigenvalue weighted by Gasteiger charge is 2.24. The highest BCUT2D eigenvalue weighted by Crippen LogP contribution is 2.21. The first kappa shape index (κ1) is 19.3. The minimum absolute atomic E-state index is 0.0702. The van der Waals surface area contributed by atoms with Crippen LogP contribution in [0.4, 0.5) is 0 Å². The number of rotatable bonds is 6. The van der Waals surface area contributed by atoms with Gasteiger partial charge in [-0.05, 0) is 24.0 Å². The van der Waals surface area contributed by atoms with E-state index < -0.39 is 0 Å². The maximum absolute atomic E-state index is 5.56. The van der Waals surface area contributed by atoms with Crippen molar-refractivity contribution in [2.24, 2.45) is 10.4 Å². The molecule has 0 aliphatic rings. The Morgan fingerprint density at radius 1 is 1.22 bits per heavy atom. The smallest absolute Gasteiger partial charge is 0.191 e. The molecular weight excluding hydrogens is 290 g/mol. The van der Waals surface area contributed by atoms with Gasteiger partial charge in [-0.1, -0.05) is 32.9 Å². The van der Waals surface area contributed by atoms with E-state index in [1.54, 1.807) is 21.3 Å². The van der Waals surface area contributed by atoms with Gasteiger partial charge in [0.15, 0.2) is 5.96 Å². The van der Waals surface area contributed by atoms with Gasteiger partial charge in [0, 0.05) is 32.8 Å². The largest absolute Gasteiger partial charge is 0.496 e. The lowest BCUT2D eigenvalue weighted by Crippen LogP contribution is -2.45. The van der Waals surface area contributed by atoms with Gasteiger partial charge in [-0.3, -0.25) is 4.99 Å². The number of ether oxygens (including phenoxy) is 2. The Morgan fingerprint density at radius 3 is 2.43 bits per heavy atom. The molecule has 1 aromatic carbocycles. The van der Waals surface area contributed by atoms with Crippen LogP contribution in [0.5, 0.6) is 5.75 Å². The molecule has 0 saturated heterocycles. The van der Waals surface area contributed by atoms with Crippen LogP contribution in [0.25, 0.3) is 0 Å². The summed E-state index contributed by atoms with van der Waals surface area (Å²) >= 11 is 0. The molecule has 1 atom stereocenters. The Hall–Kier alpha value is -1.75. The highest BCUT2D eigenvalue weighted by molar-refractivity contribution is 5.79. The van der Waals surface area contributed by atoms with Gasteiger partial charge in [-0.25, -0.2) is 0 Å². The SMILES string of the molecule is CN=C(NCc1ccc(C)cc1OC)NCC(OC)C(C)(C)C. The van der Waals surface area contributed by atoms with Gasteiger partial charge in [-0.15, -0.1) is 0 Å². The number of guanidine groups is 1. The van der Waals surface area contributed by atoms with E-state index in [0.717, 1.165) is 17.3 Å². The zero-order valence-electron chi connectivity index (χ0n) is 15.5. The molecule has 0 aliphatic heterocycles. The Labute approximate surface area is 140 Å². The Kier molecular flexibility index (Phi) is 7.36. The van der Waals surface area contributed by atoms with Crippen LogP contribution in [0.15, 0.2) is 23.2 Å². The summed E-state index contributed by atoms with van der Waals surface area (Å²) in [5.41, 5.74) is 2.35. The van der Waals surface area contributed by atoms with Crippen molar-refractivity contribution in [3.05, 3.63) is 29.3 Å². The minimum atomic E-state index is 0.0702. The summed E-state index contributed by atoms with van der Waals surface area (Å²) in [6.45, 7) is 9.89. The van der Waals surface area contributed by atoms with Gasteiger partial charge in [0.25, 0.3) is 0 Å². The molecule has 2 N–H and O–H groups in total. The van der Waals surface area contributed by atoms with Crippen molar-refractivity contribution >= 4 is 5.96 Å². The molecule has 0 radical (unpaired) electrons. The van der Waals surface area contributed by atoms with E-state index >= 15 is 0 Å². The lowest BCUT2D eigenvalue weighted by molar-refractivity contribution is 0.0205. The number of hydrogen-bond acceptors (Lipinski definition) is 3. The van der Waals surface area contributed by atoms with Gasteiger partial charge in [0.05, 0.1) is 13.2 Å². The normalized spacial score (nSPS) is 13.6. The molecule has 1 rings (SSSR count). The molecule has 1 unspecified atom stereocenters. The molecule has 130 valence electrons. The van der Waals surface area contributed by atoms with E-state index in [1.807, 2.05) is 6.07 Å². The monoisotopic (exact) mass is 321 g/mol. The lowest BCUT2D eigenvalue weighted by atomic mass is 9.89. The number of aliphatic imine (C=N–C) groups is 1. The van der Waals surface area contributed by atoms with E-state index in [-0.39, 0.29) is 11.5 Å². The summed E-state index contributed by atoms with van der Waals surface area (Å²) in [5, 5.41) is 6.63. The van der Waals surface area contributed by atoms with Gasteiger partial charge in [0.2, 0.25) is 0 Å². The Bertz CT molecular complexity index is 521. The average molecular weight is 321 g/mol. The van der Waals surface area contributed by atoms with Crippen molar-refractivity contribution in [2.75, 3.05) is 27.8 Å². The van der Waals surface area contributed by atoms with Gasteiger partial charge < -0.3 is 20.1 Å². The topological polar surface area (TPSA) is 54.9 Å². The summed E-state index contributed by atoms with van der Waals surface area (Å²) in [6, 6.07) is 6.19. The van der Waals surface area contributed by atoms with Crippen LogP contribution in [0.1, 0.15) is 31.9 Å². The molecule has 0 aromatic heterocycles. The van der Waals surface area contributed by atoms with Crippen molar-refractivity contribution in [3.8, 4) is 5.75 Å². The van der Waals surface area contributed by atoms with Crippen LogP contribution in [-0.2, 0) is 11.3 Å². The number of aryl methyl sites for hydroxylation is 1. The third-order valence-corrected chi connectivity index (χ3v) is 3.82. The fraction of sp³-hybridized carbons (Fsp3) is 0.611. The Balaban J connectivity index is 2.61. The summed E-state index contributed by atoms with van der Waals surface area (Å²) in [4.78, 5) is 4.26. The first-order chi connectivity index (χ1) is 10.8. The zero-order chi connectivity index (χ0) is 17.5. The van der Waals surface area contributed by atoms with Crippen LogP contribution in [0.2, 0.25) is 0 Å². The van der Waals surface area contributed by atoms with Crippen LogP contribution in [0.3, 0.4) is 0 Å². The summed E-state index contributed by atoms with van der Waals surface area (Å²) < 4.78 is 11.0. The van der Waals surface area contributed by atoms with Crippen LogP contribution < -0.4 is 15.4 Å². The van der Waals surface area contributed by atoms with E-state index in [0.29, 0.717) is 13.1 Å². The standard InChI is InChI=1S/C18H31N3O2/c1-13-8-9-14(15(10-13)22-6)11-20-17(19-5)21-12-16(23-7)18(2,3)4/h8-10,16H,11-12H2,1-7H3,(H2,19,20,21). The quantitative estimate of drug-likeness (QED) is 0.625. The molecule has 1 aromatic rings. The molecule has 0 bridgehead atoms. The molecule has 0 fully saturated rings. The van der Waals surface area contributed by atoms with Crippen molar-refractivity contribution < 1.29 is 9.47 Å². The van der Waals surface area contributed by atoms with E-state index in [1.165, 1.54) is 5.56 Å². The third-order valence-electron chi connectivity index (χ3n) is 3.82. The van der Waals surface area contributed by atoms with Gasteiger partial charge in [0.1, 0.15) is 5.75 Å². The Morgan fingerprint density at radius 2 is 1.91 bits per heavy atom. The predicted molar refractivity (Wildman–Crippen MR) is 96.2 cm³/mol. The van der Waals surface area contributed by atoms with E-state index in [2.05, 4.69) is 55.5 Å². The zero-order valence-corrected chi connectivity index (χ0v) is 15.5. The third kappa shape index (κ3) is 6.10. The average Bonchev–Trinajstić information content (AvgIpc) is 2.50. The molecular formula is C18H31N3O2. The maximum Gasteiger partial charge on any atom is 0.191 e. The van der Waals surface area contributed by atoms with Crippen LogP contribution >= 0.6 is 0 Å². The number of nitrogens with zero attached hydrogens (tertiary/aromatic N) is 1. The summed E-state index contributed by atoms with van der Waals surface area (Å²) in [6.07, 6.45) is 0.106. The number of benzene rings is 1. The predicted octanol–water partition coefficient (Wildman–Crippen LogP) is 2.73. The second kappa shape index (κ2) is 8.77. The van der Waals surface area contributed by atoms with Crippen molar-refractivity contribution in [3.63, 3.8) is 0 Å². The first-order valence-electron chi connectivity index (χ1n) is 7.92. The fourth-order valence-electron chi connectivity index (χ4n) is 2.33.